The lowest BCUT2D eigenvalue weighted by atomic mass is 9.92. The van der Waals surface area contributed by atoms with E-state index in [1.165, 1.54) is 5.56 Å². The molecule has 6 nitrogen and oxygen atoms in total. The molecule has 0 fully saturated rings. The molecule has 0 aromatic heterocycles. The maximum atomic E-state index is 12.6. The zero-order valence-corrected chi connectivity index (χ0v) is 18.6. The summed E-state index contributed by atoms with van der Waals surface area (Å²) in [5, 5.41) is 7.03. The fourth-order valence-electron chi connectivity index (χ4n) is 3.80. The second-order valence-corrected chi connectivity index (χ2v) is 7.55. The molecule has 0 radical (unpaired) electrons. The summed E-state index contributed by atoms with van der Waals surface area (Å²) in [6, 6.07) is 13.7. The molecule has 0 saturated carbocycles. The Labute approximate surface area is 183 Å². The minimum Gasteiger partial charge on any atom is -0.493 e. The van der Waals surface area contributed by atoms with E-state index in [1.54, 1.807) is 14.2 Å². The summed E-state index contributed by atoms with van der Waals surface area (Å²) in [6.45, 7) is 4.00. The van der Waals surface area contributed by atoms with Crippen LogP contribution in [0.5, 0.6) is 11.5 Å². The van der Waals surface area contributed by atoms with Crippen LogP contribution >= 0.6 is 12.2 Å². The highest BCUT2D eigenvalue weighted by atomic mass is 32.1. The monoisotopic (exact) mass is 427 g/mol. The molecule has 1 aliphatic rings. The first-order chi connectivity index (χ1) is 14.6. The van der Waals surface area contributed by atoms with Crippen molar-refractivity contribution in [1.82, 2.24) is 15.5 Å². The van der Waals surface area contributed by atoms with Crippen molar-refractivity contribution in [2.45, 2.75) is 25.8 Å². The number of benzene rings is 2. The number of methoxy groups -OCH3 is 2. The van der Waals surface area contributed by atoms with Crippen LogP contribution in [-0.4, -0.2) is 49.8 Å². The largest absolute Gasteiger partial charge is 0.493 e. The van der Waals surface area contributed by atoms with Crippen LogP contribution in [0.4, 0.5) is 0 Å². The van der Waals surface area contributed by atoms with Gasteiger partial charge in [-0.2, -0.15) is 0 Å². The van der Waals surface area contributed by atoms with Gasteiger partial charge in [-0.25, -0.2) is 0 Å². The van der Waals surface area contributed by atoms with Crippen molar-refractivity contribution in [1.29, 1.82) is 0 Å². The number of thiocarbonyl (C=S) groups is 1. The summed E-state index contributed by atoms with van der Waals surface area (Å²) in [5.74, 6) is 1.38. The van der Waals surface area contributed by atoms with Crippen LogP contribution in [0.15, 0.2) is 42.5 Å². The predicted molar refractivity (Wildman–Crippen MR) is 122 cm³/mol. The van der Waals surface area contributed by atoms with Gasteiger partial charge in [-0.1, -0.05) is 30.3 Å². The van der Waals surface area contributed by atoms with Crippen molar-refractivity contribution in [2.75, 3.05) is 33.9 Å². The maximum Gasteiger partial charge on any atom is 0.224 e. The quantitative estimate of drug-likeness (QED) is 0.663. The second kappa shape index (κ2) is 10.3. The van der Waals surface area contributed by atoms with Crippen LogP contribution < -0.4 is 20.1 Å². The molecule has 30 heavy (non-hydrogen) atoms. The minimum atomic E-state index is -0.0835. The van der Waals surface area contributed by atoms with Crippen molar-refractivity contribution >= 4 is 23.2 Å². The standard InChI is InChI=1S/C23H29N3O3S/c1-4-24-23(30)26-11-10-17-13-20(28-2)21(29-3)14-18(17)19(26)15-25-22(27)12-16-8-6-5-7-9-16/h5-9,13-14,19H,4,10-12,15H2,1-3H3,(H,24,30)(H,25,27)/t19-/m1/s1. The molecule has 160 valence electrons. The average Bonchev–Trinajstić information content (AvgIpc) is 2.77. The Bertz CT molecular complexity index is 889. The Hall–Kier alpha value is -2.80. The number of carbonyl (C=O) groups is 1. The van der Waals surface area contributed by atoms with Gasteiger partial charge in [-0.15, -0.1) is 0 Å². The Kier molecular flexibility index (Phi) is 7.52. The van der Waals surface area contributed by atoms with Gasteiger partial charge in [-0.05, 0) is 54.4 Å². The third kappa shape index (κ3) is 5.02. The highest BCUT2D eigenvalue weighted by Crippen LogP contribution is 2.38. The van der Waals surface area contributed by atoms with Gasteiger partial charge in [0.05, 0.1) is 26.7 Å². The molecule has 0 aliphatic carbocycles. The lowest BCUT2D eigenvalue weighted by Crippen LogP contribution is -2.49. The number of nitrogens with one attached hydrogen (secondary N) is 2. The molecule has 2 N–H and O–H groups in total. The fourth-order valence-corrected chi connectivity index (χ4v) is 4.16. The van der Waals surface area contributed by atoms with Crippen LogP contribution in [0.3, 0.4) is 0 Å². The Morgan fingerprint density at radius 2 is 1.83 bits per heavy atom. The molecule has 2 aromatic carbocycles. The molecule has 0 saturated heterocycles. The van der Waals surface area contributed by atoms with E-state index in [0.29, 0.717) is 29.6 Å². The number of ether oxygens (including phenoxy) is 2. The highest BCUT2D eigenvalue weighted by Gasteiger charge is 2.30. The summed E-state index contributed by atoms with van der Waals surface area (Å²) in [5.41, 5.74) is 3.27. The number of rotatable bonds is 7. The van der Waals surface area contributed by atoms with E-state index in [-0.39, 0.29) is 11.9 Å². The number of hydrogen-bond donors (Lipinski definition) is 2. The molecule has 1 aliphatic heterocycles. The minimum absolute atomic E-state index is 0.0110. The van der Waals surface area contributed by atoms with E-state index in [9.17, 15) is 4.79 Å². The van der Waals surface area contributed by atoms with E-state index >= 15 is 0 Å². The van der Waals surface area contributed by atoms with Crippen molar-refractivity contribution in [3.05, 3.63) is 59.2 Å². The third-order valence-corrected chi connectivity index (χ3v) is 5.67. The predicted octanol–water partition coefficient (Wildman–Crippen LogP) is 2.86. The van der Waals surface area contributed by atoms with Crippen molar-refractivity contribution in [3.63, 3.8) is 0 Å². The molecule has 7 heteroatoms. The molecule has 1 amide bonds. The van der Waals surface area contributed by atoms with Gasteiger partial charge in [0.2, 0.25) is 5.91 Å². The summed E-state index contributed by atoms with van der Waals surface area (Å²) in [7, 11) is 3.27. The molecule has 3 rings (SSSR count). The molecular weight excluding hydrogens is 398 g/mol. The Morgan fingerprint density at radius 1 is 1.13 bits per heavy atom. The highest BCUT2D eigenvalue weighted by molar-refractivity contribution is 7.80. The summed E-state index contributed by atoms with van der Waals surface area (Å²) >= 11 is 5.62. The molecule has 1 atom stereocenters. The molecular formula is C23H29N3O3S. The molecule has 0 bridgehead atoms. The summed E-state index contributed by atoms with van der Waals surface area (Å²) in [4.78, 5) is 14.7. The van der Waals surface area contributed by atoms with Crippen molar-refractivity contribution < 1.29 is 14.3 Å². The van der Waals surface area contributed by atoms with E-state index < -0.39 is 0 Å². The van der Waals surface area contributed by atoms with Gasteiger partial charge < -0.3 is 25.0 Å². The van der Waals surface area contributed by atoms with Gasteiger partial charge in [0, 0.05) is 19.6 Å². The third-order valence-electron chi connectivity index (χ3n) is 5.29. The lowest BCUT2D eigenvalue weighted by molar-refractivity contribution is -0.120. The average molecular weight is 428 g/mol. The first-order valence-electron chi connectivity index (χ1n) is 10.2. The molecule has 1 heterocycles. The smallest absolute Gasteiger partial charge is 0.224 e. The summed E-state index contributed by atoms with van der Waals surface area (Å²) < 4.78 is 11.0. The van der Waals surface area contributed by atoms with Crippen LogP contribution in [0.25, 0.3) is 0 Å². The summed E-state index contributed by atoms with van der Waals surface area (Å²) in [6.07, 6.45) is 1.19. The van der Waals surface area contributed by atoms with Crippen LogP contribution in [0, 0.1) is 0 Å². The van der Waals surface area contributed by atoms with Gasteiger partial charge in [0.15, 0.2) is 16.6 Å². The van der Waals surface area contributed by atoms with Crippen LogP contribution in [0.1, 0.15) is 29.7 Å². The Morgan fingerprint density at radius 3 is 2.50 bits per heavy atom. The van der Waals surface area contributed by atoms with E-state index in [4.69, 9.17) is 21.7 Å². The van der Waals surface area contributed by atoms with Gasteiger partial charge in [-0.3, -0.25) is 4.79 Å². The maximum absolute atomic E-state index is 12.6. The first-order valence-corrected chi connectivity index (χ1v) is 10.6. The van der Waals surface area contributed by atoms with Crippen molar-refractivity contribution in [3.8, 4) is 11.5 Å². The molecule has 0 unspecified atom stereocenters. The van der Waals surface area contributed by atoms with E-state index in [1.807, 2.05) is 49.4 Å². The normalized spacial score (nSPS) is 15.2. The van der Waals surface area contributed by atoms with Crippen molar-refractivity contribution in [2.24, 2.45) is 0 Å². The topological polar surface area (TPSA) is 62.8 Å². The number of fused-ring (bicyclic) bond motifs is 1. The first kappa shape index (κ1) is 21.9. The number of nitrogens with zero attached hydrogens (tertiary/aromatic N) is 1. The SMILES string of the molecule is CCNC(=S)N1CCc2cc(OC)c(OC)cc2[C@H]1CNC(=O)Cc1ccccc1. The van der Waals surface area contributed by atoms with Gasteiger partial charge >= 0.3 is 0 Å². The van der Waals surface area contributed by atoms with Gasteiger partial charge in [0.25, 0.3) is 0 Å². The van der Waals surface area contributed by atoms with E-state index in [0.717, 1.165) is 30.6 Å². The van der Waals surface area contributed by atoms with E-state index in [2.05, 4.69) is 15.5 Å². The fraction of sp³-hybridized carbons (Fsp3) is 0.391. The van der Waals surface area contributed by atoms with Gasteiger partial charge in [0.1, 0.15) is 0 Å². The number of carbonyl (C=O) groups excluding carboxylic acids is 1. The molecule has 0 spiro atoms. The second-order valence-electron chi connectivity index (χ2n) is 7.17. The van der Waals surface area contributed by atoms with Crippen LogP contribution in [-0.2, 0) is 17.6 Å². The zero-order chi connectivity index (χ0) is 21.5. The molecule has 2 aromatic rings. The lowest BCUT2D eigenvalue weighted by Gasteiger charge is -2.39. The number of hydrogen-bond acceptors (Lipinski definition) is 4. The number of amides is 1. The van der Waals surface area contributed by atoms with Crippen LogP contribution in [0.2, 0.25) is 0 Å². The zero-order valence-electron chi connectivity index (χ0n) is 17.7. The Balaban J connectivity index is 1.83.